The number of aryl methyl sites for hydroxylation is 1. The molecule has 0 spiro atoms. The van der Waals surface area contributed by atoms with Gasteiger partial charge in [0.15, 0.2) is 0 Å². The number of piperazine rings is 1. The Morgan fingerprint density at radius 1 is 1.23 bits per heavy atom. The van der Waals surface area contributed by atoms with Gasteiger partial charge in [-0.25, -0.2) is 8.42 Å². The van der Waals surface area contributed by atoms with Crippen molar-refractivity contribution < 1.29 is 13.2 Å². The Morgan fingerprint density at radius 3 is 2.62 bits per heavy atom. The smallest absolute Gasteiger partial charge is 0.272 e. The molecule has 1 aliphatic heterocycles. The van der Waals surface area contributed by atoms with Crippen LogP contribution in [0.2, 0.25) is 0 Å². The van der Waals surface area contributed by atoms with Gasteiger partial charge in [-0.2, -0.15) is 4.31 Å². The van der Waals surface area contributed by atoms with Crippen LogP contribution in [0.4, 0.5) is 5.13 Å². The highest BCUT2D eigenvalue weighted by Crippen LogP contribution is 2.24. The summed E-state index contributed by atoms with van der Waals surface area (Å²) in [5.41, 5.74) is 2.44. The second-order valence-corrected chi connectivity index (χ2v) is 9.31. The van der Waals surface area contributed by atoms with E-state index in [9.17, 15) is 13.2 Å². The number of hydrogen-bond acceptors (Lipinski definition) is 7. The molecule has 1 saturated heterocycles. The van der Waals surface area contributed by atoms with Crippen molar-refractivity contribution in [1.29, 1.82) is 0 Å². The Kier molecular flexibility index (Phi) is 5.66. The van der Waals surface area contributed by atoms with E-state index in [0.717, 1.165) is 17.9 Å². The molecule has 1 N–H and O–H groups in total. The summed E-state index contributed by atoms with van der Waals surface area (Å²) in [7, 11) is -3.68. The average Bonchev–Trinajstić information content (AvgIpc) is 3.04. The molecule has 0 saturated carbocycles. The van der Waals surface area contributed by atoms with Gasteiger partial charge in [0.1, 0.15) is 0 Å². The van der Waals surface area contributed by atoms with Crippen molar-refractivity contribution in [1.82, 2.24) is 19.4 Å². The maximum absolute atomic E-state index is 12.7. The van der Waals surface area contributed by atoms with Crippen LogP contribution in [0, 0.1) is 6.92 Å². The fourth-order valence-corrected chi connectivity index (χ4v) is 5.33. The van der Waals surface area contributed by atoms with E-state index in [1.165, 1.54) is 22.4 Å². The summed E-state index contributed by atoms with van der Waals surface area (Å²) in [6.45, 7) is 6.33. The highest BCUT2D eigenvalue weighted by molar-refractivity contribution is 7.91. The lowest BCUT2D eigenvalue weighted by Crippen LogP contribution is -2.48. The molecule has 0 atom stereocenters. The molecule has 0 radical (unpaired) electrons. The van der Waals surface area contributed by atoms with Gasteiger partial charge >= 0.3 is 0 Å². The number of nitrogens with zero attached hydrogens (tertiary/aromatic N) is 4. The Hall–Kier alpha value is -1.88. The molecule has 3 rings (SSSR count). The van der Waals surface area contributed by atoms with Gasteiger partial charge in [-0.15, -0.1) is 10.2 Å². The first-order chi connectivity index (χ1) is 12.3. The van der Waals surface area contributed by atoms with Crippen LogP contribution in [0.15, 0.2) is 28.6 Å². The molecule has 0 bridgehead atoms. The number of carbonyl (C=O) groups is 1. The minimum absolute atomic E-state index is 0.0895. The van der Waals surface area contributed by atoms with Crippen LogP contribution in [0.3, 0.4) is 0 Å². The molecular formula is C16H21N5O3S2. The fraction of sp³-hybridized carbons (Fsp3) is 0.438. The summed E-state index contributed by atoms with van der Waals surface area (Å²) >= 11 is 0.869. The third-order valence-corrected chi connectivity index (χ3v) is 7.15. The van der Waals surface area contributed by atoms with Crippen molar-refractivity contribution >= 4 is 32.4 Å². The van der Waals surface area contributed by atoms with Gasteiger partial charge in [-0.05, 0) is 12.5 Å². The second kappa shape index (κ2) is 7.78. The molecule has 0 unspecified atom stereocenters. The highest BCUT2D eigenvalue weighted by Gasteiger charge is 2.31. The predicted molar refractivity (Wildman–Crippen MR) is 99.4 cm³/mol. The van der Waals surface area contributed by atoms with E-state index < -0.39 is 10.0 Å². The highest BCUT2D eigenvalue weighted by atomic mass is 32.2. The zero-order valence-electron chi connectivity index (χ0n) is 14.7. The van der Waals surface area contributed by atoms with Crippen molar-refractivity contribution in [2.75, 3.05) is 31.5 Å². The lowest BCUT2D eigenvalue weighted by Gasteiger charge is -2.33. The number of carbonyl (C=O) groups excluding carboxylic acids is 1. The van der Waals surface area contributed by atoms with Crippen LogP contribution in [0.5, 0.6) is 0 Å². The van der Waals surface area contributed by atoms with E-state index in [2.05, 4.69) is 45.5 Å². The van der Waals surface area contributed by atoms with E-state index >= 15 is 0 Å². The third-order valence-electron chi connectivity index (χ3n) is 4.07. The maximum atomic E-state index is 12.7. The predicted octanol–water partition coefficient (Wildman–Crippen LogP) is 1.31. The Labute approximate surface area is 156 Å². The van der Waals surface area contributed by atoms with E-state index in [0.29, 0.717) is 26.2 Å². The van der Waals surface area contributed by atoms with E-state index in [1.807, 2.05) is 6.07 Å². The molecule has 140 valence electrons. The third kappa shape index (κ3) is 4.44. The number of nitrogens with one attached hydrogen (secondary N) is 1. The molecule has 1 aromatic heterocycles. The van der Waals surface area contributed by atoms with Crippen LogP contribution in [0.1, 0.15) is 18.1 Å². The normalized spacial score (nSPS) is 16.5. The molecule has 1 fully saturated rings. The summed E-state index contributed by atoms with van der Waals surface area (Å²) < 4.78 is 26.7. The van der Waals surface area contributed by atoms with Crippen LogP contribution >= 0.6 is 11.3 Å². The van der Waals surface area contributed by atoms with Crippen LogP contribution in [-0.2, 0) is 21.4 Å². The first-order valence-electron chi connectivity index (χ1n) is 8.24. The lowest BCUT2D eigenvalue weighted by molar-refractivity contribution is -0.114. The first-order valence-corrected chi connectivity index (χ1v) is 10.5. The van der Waals surface area contributed by atoms with Crippen molar-refractivity contribution in [3.63, 3.8) is 0 Å². The molecular weight excluding hydrogens is 374 g/mol. The topological polar surface area (TPSA) is 95.5 Å². The van der Waals surface area contributed by atoms with Crippen molar-refractivity contribution in [2.24, 2.45) is 0 Å². The summed E-state index contributed by atoms with van der Waals surface area (Å²) in [4.78, 5) is 13.3. The summed E-state index contributed by atoms with van der Waals surface area (Å²) in [5, 5.41) is 10.1. The van der Waals surface area contributed by atoms with Crippen molar-refractivity contribution in [2.45, 2.75) is 24.7 Å². The van der Waals surface area contributed by atoms with Gasteiger partial charge in [0.25, 0.3) is 10.0 Å². The molecule has 8 nitrogen and oxygen atoms in total. The summed E-state index contributed by atoms with van der Waals surface area (Å²) in [5.74, 6) is -0.310. The Bertz CT molecular complexity index is 889. The first kappa shape index (κ1) is 18.9. The molecule has 2 aromatic rings. The quantitative estimate of drug-likeness (QED) is 0.767. The number of anilines is 1. The standard InChI is InChI=1S/C16H21N5O3S2/c1-12-4-3-5-14(10-12)11-20-6-8-21(9-7-20)26(23,24)16-19-18-15(25-16)17-13(2)22/h3-5,10H,6-9,11H2,1-2H3,(H,17,18,22). The summed E-state index contributed by atoms with van der Waals surface area (Å²) in [6.07, 6.45) is 0. The molecule has 10 heteroatoms. The minimum atomic E-state index is -3.68. The van der Waals surface area contributed by atoms with Crippen LogP contribution in [-0.4, -0.2) is 59.9 Å². The zero-order chi connectivity index (χ0) is 18.7. The monoisotopic (exact) mass is 395 g/mol. The molecule has 1 amide bonds. The Balaban J connectivity index is 1.61. The van der Waals surface area contributed by atoms with Crippen molar-refractivity contribution in [3.05, 3.63) is 35.4 Å². The van der Waals surface area contributed by atoms with Gasteiger partial charge < -0.3 is 5.32 Å². The average molecular weight is 396 g/mol. The number of benzene rings is 1. The van der Waals surface area contributed by atoms with E-state index in [1.54, 1.807) is 0 Å². The van der Waals surface area contributed by atoms with E-state index in [4.69, 9.17) is 0 Å². The SMILES string of the molecule is CC(=O)Nc1nnc(S(=O)(=O)N2CCN(Cc3cccc(C)c3)CC2)s1. The molecule has 26 heavy (non-hydrogen) atoms. The number of amides is 1. The largest absolute Gasteiger partial charge is 0.301 e. The second-order valence-electron chi connectivity index (χ2n) is 6.22. The van der Waals surface area contributed by atoms with Gasteiger partial charge in [0.2, 0.25) is 15.4 Å². The van der Waals surface area contributed by atoms with Crippen LogP contribution < -0.4 is 5.32 Å². The molecule has 0 aliphatic carbocycles. The van der Waals surface area contributed by atoms with Gasteiger partial charge in [0, 0.05) is 39.6 Å². The number of rotatable bonds is 5. The van der Waals surface area contributed by atoms with Crippen molar-refractivity contribution in [3.8, 4) is 0 Å². The molecule has 1 aliphatic rings. The molecule has 2 heterocycles. The minimum Gasteiger partial charge on any atom is -0.301 e. The molecule has 1 aromatic carbocycles. The maximum Gasteiger partial charge on any atom is 0.272 e. The fourth-order valence-electron chi connectivity index (χ4n) is 2.82. The van der Waals surface area contributed by atoms with E-state index in [-0.39, 0.29) is 15.4 Å². The number of aromatic nitrogens is 2. The van der Waals surface area contributed by atoms with Gasteiger partial charge in [-0.3, -0.25) is 9.69 Å². The lowest BCUT2D eigenvalue weighted by atomic mass is 10.1. The summed E-state index contributed by atoms with van der Waals surface area (Å²) in [6, 6.07) is 8.33. The number of hydrogen-bond donors (Lipinski definition) is 1. The van der Waals surface area contributed by atoms with Gasteiger partial charge in [-0.1, -0.05) is 41.2 Å². The Morgan fingerprint density at radius 2 is 1.96 bits per heavy atom. The number of sulfonamides is 1. The van der Waals surface area contributed by atoms with Gasteiger partial charge in [0.05, 0.1) is 0 Å². The zero-order valence-corrected chi connectivity index (χ0v) is 16.3. The van der Waals surface area contributed by atoms with Crippen LogP contribution in [0.25, 0.3) is 0 Å².